The summed E-state index contributed by atoms with van der Waals surface area (Å²) >= 11 is 0. The minimum Gasteiger partial charge on any atom is -0.496 e. The Morgan fingerprint density at radius 3 is 1.98 bits per heavy atom. The monoisotopic (exact) mass is 626 g/mol. The molecule has 1 aromatic heterocycles. The quantitative estimate of drug-likeness (QED) is 0.287. The molecule has 0 amide bonds. The smallest absolute Gasteiger partial charge is 0.374 e. The van der Waals surface area contributed by atoms with Crippen LogP contribution in [0.5, 0.6) is 46.0 Å². The number of ether oxygens (including phenoxy) is 9. The number of benzene rings is 3. The van der Waals surface area contributed by atoms with Gasteiger partial charge in [-0.3, -0.25) is 0 Å². The number of carbonyl (C=O) groups is 1. The van der Waals surface area contributed by atoms with E-state index in [1.807, 2.05) is 0 Å². The van der Waals surface area contributed by atoms with Crippen LogP contribution in [-0.2, 0) is 11.2 Å². The minimum absolute atomic E-state index is 0.00689. The van der Waals surface area contributed by atoms with Crippen LogP contribution >= 0.6 is 0 Å². The van der Waals surface area contributed by atoms with E-state index < -0.39 is 29.6 Å². The molecule has 3 atom stereocenters. The van der Waals surface area contributed by atoms with Crippen molar-refractivity contribution in [1.29, 1.82) is 0 Å². The topological polar surface area (TPSA) is 171 Å². The van der Waals surface area contributed by atoms with Gasteiger partial charge in [-0.25, -0.2) is 9.59 Å². The van der Waals surface area contributed by atoms with Crippen molar-refractivity contribution in [2.24, 2.45) is 0 Å². The SMILES string of the molecule is COC(=O)c1cc2cc3c(c(OC)c2c(=O)o1)O[C@@]1(Oc2c(c(OC)c4c(OC)cc(OC)c(OC)c4c2OC)[C@@H]1O)[C@H](O)C3. The van der Waals surface area contributed by atoms with Crippen molar-refractivity contribution in [2.75, 3.05) is 49.8 Å². The van der Waals surface area contributed by atoms with Crippen molar-refractivity contribution in [3.05, 3.63) is 45.5 Å². The van der Waals surface area contributed by atoms with Gasteiger partial charge in [0.05, 0.1) is 66.1 Å². The zero-order valence-corrected chi connectivity index (χ0v) is 25.4. The first-order valence-electron chi connectivity index (χ1n) is 13.5. The maximum Gasteiger partial charge on any atom is 0.374 e. The maximum absolute atomic E-state index is 13.1. The molecule has 45 heavy (non-hydrogen) atoms. The number of aliphatic hydroxyl groups is 2. The Labute approximate surface area is 255 Å². The minimum atomic E-state index is -2.16. The third-order valence-corrected chi connectivity index (χ3v) is 8.09. The molecule has 1 spiro atoms. The van der Waals surface area contributed by atoms with E-state index in [4.69, 9.17) is 42.3 Å². The lowest BCUT2D eigenvalue weighted by Crippen LogP contribution is -2.57. The van der Waals surface area contributed by atoms with E-state index in [0.717, 1.165) is 7.11 Å². The molecular weight excluding hydrogens is 596 g/mol. The Kier molecular flexibility index (Phi) is 7.21. The zero-order chi connectivity index (χ0) is 32.4. The van der Waals surface area contributed by atoms with Gasteiger partial charge in [0.2, 0.25) is 5.76 Å². The average Bonchev–Trinajstić information content (AvgIpc) is 3.33. The fourth-order valence-corrected chi connectivity index (χ4v) is 6.15. The Balaban J connectivity index is 1.60. The Morgan fingerprint density at radius 2 is 1.38 bits per heavy atom. The molecule has 3 heterocycles. The molecule has 14 nitrogen and oxygen atoms in total. The molecule has 0 saturated carbocycles. The van der Waals surface area contributed by atoms with Crippen molar-refractivity contribution < 1.29 is 62.1 Å². The lowest BCUT2D eigenvalue weighted by atomic mass is 9.88. The summed E-state index contributed by atoms with van der Waals surface area (Å²) in [7, 11) is 9.65. The maximum atomic E-state index is 13.1. The number of esters is 1. The molecule has 3 aromatic carbocycles. The van der Waals surface area contributed by atoms with Gasteiger partial charge in [-0.2, -0.15) is 0 Å². The molecule has 0 bridgehead atoms. The van der Waals surface area contributed by atoms with Gasteiger partial charge in [0.1, 0.15) is 23.0 Å². The summed E-state index contributed by atoms with van der Waals surface area (Å²) in [5, 5.41) is 24.6. The van der Waals surface area contributed by atoms with Crippen molar-refractivity contribution in [3.63, 3.8) is 0 Å². The van der Waals surface area contributed by atoms with Gasteiger partial charge in [0, 0.05) is 18.1 Å². The largest absolute Gasteiger partial charge is 0.496 e. The summed E-state index contributed by atoms with van der Waals surface area (Å²) in [6, 6.07) is 4.48. The van der Waals surface area contributed by atoms with E-state index in [1.54, 1.807) is 12.1 Å². The highest BCUT2D eigenvalue weighted by Gasteiger charge is 2.61. The molecule has 0 unspecified atom stereocenters. The number of aliphatic hydroxyl groups excluding tert-OH is 2. The molecule has 238 valence electrons. The molecule has 2 aliphatic rings. The van der Waals surface area contributed by atoms with E-state index >= 15 is 0 Å². The predicted octanol–water partition coefficient (Wildman–Crippen LogP) is 2.90. The third kappa shape index (κ3) is 4.02. The fraction of sp³-hybridized carbons (Fsp3) is 0.355. The second-order valence-corrected chi connectivity index (χ2v) is 10.2. The third-order valence-electron chi connectivity index (χ3n) is 8.09. The van der Waals surface area contributed by atoms with E-state index in [1.165, 1.54) is 48.7 Å². The van der Waals surface area contributed by atoms with Gasteiger partial charge in [-0.05, 0) is 17.5 Å². The highest BCUT2D eigenvalue weighted by molar-refractivity contribution is 6.07. The summed E-state index contributed by atoms with van der Waals surface area (Å²) in [6.45, 7) is 0. The number of methoxy groups -OCH3 is 7. The molecule has 2 aliphatic heterocycles. The lowest BCUT2D eigenvalue weighted by Gasteiger charge is -2.40. The summed E-state index contributed by atoms with van der Waals surface area (Å²) < 4.78 is 56.7. The Morgan fingerprint density at radius 1 is 0.756 bits per heavy atom. The van der Waals surface area contributed by atoms with Crippen molar-refractivity contribution in [1.82, 2.24) is 0 Å². The molecule has 2 N–H and O–H groups in total. The Bertz CT molecular complexity index is 1930. The molecule has 4 aromatic rings. The molecule has 6 rings (SSSR count). The van der Waals surface area contributed by atoms with Crippen molar-refractivity contribution in [3.8, 4) is 46.0 Å². The Hall–Kier alpha value is -5.08. The second kappa shape index (κ2) is 10.8. The normalized spacial score (nSPS) is 19.8. The fourth-order valence-electron chi connectivity index (χ4n) is 6.15. The van der Waals surface area contributed by atoms with E-state index in [2.05, 4.69) is 4.74 Å². The number of hydrogen-bond acceptors (Lipinski definition) is 14. The van der Waals surface area contributed by atoms with Crippen LogP contribution < -0.4 is 43.5 Å². The number of fused-ring (bicyclic) bond motifs is 4. The van der Waals surface area contributed by atoms with E-state index in [0.29, 0.717) is 27.8 Å². The summed E-state index contributed by atoms with van der Waals surface area (Å²) in [5.41, 5.74) is -0.380. The molecule has 0 saturated heterocycles. The van der Waals surface area contributed by atoms with Crippen molar-refractivity contribution >= 4 is 27.5 Å². The van der Waals surface area contributed by atoms with Crippen LogP contribution in [0.25, 0.3) is 21.5 Å². The summed E-state index contributed by atoms with van der Waals surface area (Å²) in [6.07, 6.45) is -3.27. The molecular formula is C31H30O14. The van der Waals surface area contributed by atoms with Crippen LogP contribution in [0.4, 0.5) is 0 Å². The van der Waals surface area contributed by atoms with E-state index in [9.17, 15) is 19.8 Å². The number of carbonyl (C=O) groups excluding carboxylic acids is 1. The zero-order valence-electron chi connectivity index (χ0n) is 25.4. The predicted molar refractivity (Wildman–Crippen MR) is 156 cm³/mol. The van der Waals surface area contributed by atoms with Crippen LogP contribution in [0.1, 0.15) is 27.8 Å². The van der Waals surface area contributed by atoms with Crippen molar-refractivity contribution in [2.45, 2.75) is 24.4 Å². The number of rotatable bonds is 7. The summed E-state index contributed by atoms with van der Waals surface area (Å²) in [4.78, 5) is 25.2. The lowest BCUT2D eigenvalue weighted by molar-refractivity contribution is -0.234. The van der Waals surface area contributed by atoms with E-state index in [-0.39, 0.29) is 63.0 Å². The van der Waals surface area contributed by atoms with Crippen LogP contribution in [0.3, 0.4) is 0 Å². The van der Waals surface area contributed by atoms with Gasteiger partial charge in [-0.1, -0.05) is 0 Å². The molecule has 0 radical (unpaired) electrons. The number of hydrogen-bond donors (Lipinski definition) is 2. The van der Waals surface area contributed by atoms with Gasteiger partial charge in [0.25, 0.3) is 0 Å². The van der Waals surface area contributed by atoms with Gasteiger partial charge in [0.15, 0.2) is 40.6 Å². The van der Waals surface area contributed by atoms with Crippen LogP contribution in [-0.4, -0.2) is 77.8 Å². The van der Waals surface area contributed by atoms with Crippen LogP contribution in [0.2, 0.25) is 0 Å². The first-order valence-corrected chi connectivity index (χ1v) is 13.5. The van der Waals surface area contributed by atoms with Gasteiger partial charge < -0.3 is 57.3 Å². The first-order chi connectivity index (χ1) is 21.6. The molecule has 0 fully saturated rings. The van der Waals surface area contributed by atoms with Gasteiger partial charge in [-0.15, -0.1) is 0 Å². The average molecular weight is 627 g/mol. The first kappa shape index (κ1) is 30.0. The van der Waals surface area contributed by atoms with Crippen LogP contribution in [0.15, 0.2) is 27.4 Å². The summed E-state index contributed by atoms with van der Waals surface area (Å²) in [5.74, 6) is -2.18. The highest BCUT2D eigenvalue weighted by Crippen LogP contribution is 2.62. The van der Waals surface area contributed by atoms with Gasteiger partial charge >= 0.3 is 17.4 Å². The highest BCUT2D eigenvalue weighted by atomic mass is 16.7. The standard InChI is InChI=1S/C31H30O14/c1-36-14-11-15(37-2)23(38-3)20-19(14)24(39-4)21-27(26(20)41-6)45-31(28(21)33)17(32)10-13-8-12-9-16(29(34)42-7)43-30(35)18(12)25(40-5)22(13)44-31/h8-9,11,17,28,32-33H,10H2,1-7H3/t17-,28+,31-/m1/s1. The molecule has 14 heteroatoms. The molecule has 0 aliphatic carbocycles. The van der Waals surface area contributed by atoms with Crippen LogP contribution in [0, 0.1) is 0 Å². The second-order valence-electron chi connectivity index (χ2n) is 10.2.